The van der Waals surface area contributed by atoms with Gasteiger partial charge in [-0.25, -0.2) is 9.59 Å². The zero-order valence-electron chi connectivity index (χ0n) is 42.8. The number of carbonyl (C=O) groups is 4. The molecule has 0 radical (unpaired) electrons. The van der Waals surface area contributed by atoms with Crippen molar-refractivity contribution in [3.63, 3.8) is 0 Å². The fraction of sp³-hybridized carbons (Fsp3) is 0.429. The number of nitrogens with two attached hydrogens (primary N) is 1. The van der Waals surface area contributed by atoms with E-state index in [2.05, 4.69) is 40.5 Å². The molecule has 4 aliphatic rings. The number of carbonyl (C=O) groups excluding carboxylic acids is 3. The van der Waals surface area contributed by atoms with E-state index in [1.54, 1.807) is 12.1 Å². The van der Waals surface area contributed by atoms with Gasteiger partial charge in [-0.2, -0.15) is 0 Å². The highest BCUT2D eigenvalue weighted by molar-refractivity contribution is 5.95. The number of rotatable bonds is 11. The third kappa shape index (κ3) is 11.5. The van der Waals surface area contributed by atoms with Crippen molar-refractivity contribution in [1.29, 1.82) is 0 Å². The lowest BCUT2D eigenvalue weighted by Crippen LogP contribution is -2.44. The Hall–Kier alpha value is -7.36. The molecule has 2 aliphatic heterocycles. The van der Waals surface area contributed by atoms with E-state index in [0.717, 1.165) is 74.2 Å². The van der Waals surface area contributed by atoms with E-state index in [-0.39, 0.29) is 24.8 Å². The van der Waals surface area contributed by atoms with Gasteiger partial charge in [-0.05, 0) is 164 Å². The van der Waals surface area contributed by atoms with Crippen LogP contribution in [0.25, 0.3) is 21.8 Å². The molecule has 2 aromatic heterocycles. The van der Waals surface area contributed by atoms with Crippen molar-refractivity contribution in [1.82, 2.24) is 20.6 Å². The van der Waals surface area contributed by atoms with Crippen LogP contribution in [0.4, 0.5) is 15.3 Å². The maximum absolute atomic E-state index is 13.4. The molecule has 7 N–H and O–H groups in total. The third-order valence-corrected chi connectivity index (χ3v) is 13.3. The van der Waals surface area contributed by atoms with Gasteiger partial charge in [0.1, 0.15) is 17.0 Å². The summed E-state index contributed by atoms with van der Waals surface area (Å²) in [7, 11) is 0. The van der Waals surface area contributed by atoms with E-state index < -0.39 is 45.7 Å². The first-order chi connectivity index (χ1) is 33.7. The summed E-state index contributed by atoms with van der Waals surface area (Å²) in [6.07, 6.45) is 2.62. The number of ketones is 1. The molecule has 0 spiro atoms. The molecule has 4 heterocycles. The number of amides is 2. The molecule has 0 unspecified atom stereocenters. The van der Waals surface area contributed by atoms with Crippen molar-refractivity contribution in [3.8, 4) is 23.0 Å². The predicted octanol–water partition coefficient (Wildman–Crippen LogP) is 10.6. The number of carboxylic acid groups (broad SMARTS) is 1. The lowest BCUT2D eigenvalue weighted by Gasteiger charge is -2.28. The average Bonchev–Trinajstić information content (AvgIpc) is 3.99. The Labute approximate surface area is 419 Å². The minimum atomic E-state index is -0.749. The zero-order chi connectivity index (χ0) is 52.0. The highest BCUT2D eigenvalue weighted by Crippen LogP contribution is 2.52. The third-order valence-electron chi connectivity index (χ3n) is 13.3. The number of aromatic amines is 2. The smallest absolute Gasteiger partial charge is 0.408 e. The number of fused-ring (bicyclic) bond motifs is 4. The van der Waals surface area contributed by atoms with E-state index in [4.69, 9.17) is 39.3 Å². The standard InChI is InChI=1S/C28H32N2O5.C17H25N3O2.C11H10O4/c1-26(2,3)35-25(32)30-27(4,5)23-14-18-12-17(6-8-20(18)29-23)13-24(31)28(10-11-28)19-7-9-21-22(15-19)34-16-33-21;1-16(2,3)22-15(21)19-10-17(4,5)14-9-11-8-12(18)6-7-13(11)20-14;12-10(13)11(3-4-11)7-1-2-8-9(5-7)15-6-14-8/h6-9,12,14-15,29H,10-11,13,16H2,1-5H3,(H,30,32);6-9,20H,10,18H2,1-5H3,(H,19,21);1-2,5H,3-4,6H2,(H,12,13). The summed E-state index contributed by atoms with van der Waals surface area (Å²) < 4.78 is 32.0. The van der Waals surface area contributed by atoms with Crippen LogP contribution in [0, 0.1) is 0 Å². The Morgan fingerprint density at radius 3 is 1.67 bits per heavy atom. The molecule has 2 saturated carbocycles. The Morgan fingerprint density at radius 2 is 1.11 bits per heavy atom. The van der Waals surface area contributed by atoms with Gasteiger partial charge in [0, 0.05) is 57.3 Å². The summed E-state index contributed by atoms with van der Waals surface area (Å²) >= 11 is 0. The summed E-state index contributed by atoms with van der Waals surface area (Å²) in [5.74, 6) is 2.26. The molecule has 16 nitrogen and oxygen atoms in total. The number of hydrogen-bond donors (Lipinski definition) is 6. The largest absolute Gasteiger partial charge is 0.481 e. The van der Waals surface area contributed by atoms with Crippen molar-refractivity contribution >= 4 is 51.4 Å². The molecule has 0 bridgehead atoms. The van der Waals surface area contributed by atoms with E-state index in [1.807, 2.05) is 122 Å². The molecule has 0 saturated heterocycles. The number of hydrogen-bond acceptors (Lipinski definition) is 11. The first-order valence-electron chi connectivity index (χ1n) is 24.3. The number of carboxylic acids is 1. The Kier molecular flexibility index (Phi) is 13.5. The summed E-state index contributed by atoms with van der Waals surface area (Å²) in [6, 6.07) is 27.1. The molecule has 0 atom stereocenters. The van der Waals surface area contributed by atoms with Crippen molar-refractivity contribution in [2.45, 2.75) is 134 Å². The topological polar surface area (TPSA) is 226 Å². The van der Waals surface area contributed by atoms with Crippen molar-refractivity contribution in [2.75, 3.05) is 25.9 Å². The van der Waals surface area contributed by atoms with Gasteiger partial charge in [0.25, 0.3) is 0 Å². The zero-order valence-corrected chi connectivity index (χ0v) is 42.8. The van der Waals surface area contributed by atoms with Crippen LogP contribution in [0.2, 0.25) is 0 Å². The lowest BCUT2D eigenvalue weighted by atomic mass is 9.87. The van der Waals surface area contributed by atoms with E-state index in [9.17, 15) is 19.2 Å². The first kappa shape index (κ1) is 51.0. The van der Waals surface area contributed by atoms with Gasteiger partial charge in [-0.1, -0.05) is 32.0 Å². The second-order valence-electron chi connectivity index (χ2n) is 22.3. The van der Waals surface area contributed by atoms with Gasteiger partial charge in [-0.3, -0.25) is 9.59 Å². The molecule has 10 rings (SSSR count). The van der Waals surface area contributed by atoms with Gasteiger partial charge < -0.3 is 59.9 Å². The number of nitrogen functional groups attached to an aromatic ring is 1. The summed E-state index contributed by atoms with van der Waals surface area (Å²) in [6.45, 7) is 20.0. The quantitative estimate of drug-likeness (QED) is 0.0667. The predicted molar refractivity (Wildman–Crippen MR) is 274 cm³/mol. The number of H-pyrrole nitrogens is 2. The molecular weight excluding hydrogens is 919 g/mol. The number of anilines is 1. The minimum absolute atomic E-state index is 0.221. The lowest BCUT2D eigenvalue weighted by molar-refractivity contribution is -0.140. The van der Waals surface area contributed by atoms with Crippen LogP contribution >= 0.6 is 0 Å². The van der Waals surface area contributed by atoms with Gasteiger partial charge in [0.05, 0.1) is 16.4 Å². The number of Topliss-reactive ketones (excluding diaryl/α,β-unsaturated/α-hetero) is 1. The molecule has 2 fully saturated rings. The minimum Gasteiger partial charge on any atom is -0.481 e. The number of aromatic nitrogens is 2. The SMILES string of the molecule is CC(C)(C)OC(=O)NC(C)(C)c1cc2cc(CC(=O)C3(c4ccc5c(c4)OCO5)CC3)ccc2[nH]1.CC(C)(C)OC(=O)NCC(C)(C)c1cc2cc(N)ccc2[nH]1.O=C(O)C1(c2ccc3c(c2)OCO3)CC1. The van der Waals surface area contributed by atoms with Crippen molar-refractivity contribution in [2.24, 2.45) is 0 Å². The molecule has 6 aromatic rings. The summed E-state index contributed by atoms with van der Waals surface area (Å²) in [4.78, 5) is 55.4. The molecular formula is C56H67N5O11. The number of alkyl carbamates (subject to hydrolysis) is 2. The fourth-order valence-corrected chi connectivity index (χ4v) is 8.82. The second-order valence-corrected chi connectivity index (χ2v) is 22.3. The van der Waals surface area contributed by atoms with E-state index in [1.165, 1.54) is 0 Å². The summed E-state index contributed by atoms with van der Waals surface area (Å²) in [5.41, 5.74) is 10.2. The van der Waals surface area contributed by atoms with E-state index in [0.29, 0.717) is 43.1 Å². The van der Waals surface area contributed by atoms with E-state index >= 15 is 0 Å². The van der Waals surface area contributed by atoms with Crippen molar-refractivity contribution in [3.05, 3.63) is 113 Å². The molecule has 72 heavy (non-hydrogen) atoms. The van der Waals surface area contributed by atoms with Crippen LogP contribution in [0.5, 0.6) is 23.0 Å². The maximum atomic E-state index is 13.4. The van der Waals surface area contributed by atoms with Gasteiger partial charge >= 0.3 is 18.2 Å². The van der Waals surface area contributed by atoms with Crippen LogP contribution in [-0.4, -0.2) is 70.3 Å². The number of ether oxygens (including phenoxy) is 6. The highest BCUT2D eigenvalue weighted by atomic mass is 16.7. The molecule has 2 aliphatic carbocycles. The molecule has 2 amide bonds. The van der Waals surface area contributed by atoms with Gasteiger partial charge in [0.15, 0.2) is 23.0 Å². The molecule has 16 heteroatoms. The second kappa shape index (κ2) is 19.0. The average molecular weight is 986 g/mol. The summed E-state index contributed by atoms with van der Waals surface area (Å²) in [5, 5.41) is 17.0. The van der Waals surface area contributed by atoms with Gasteiger partial charge in [0.2, 0.25) is 13.6 Å². The first-order valence-corrected chi connectivity index (χ1v) is 24.3. The van der Waals surface area contributed by atoms with Crippen LogP contribution in [0.1, 0.15) is 123 Å². The fourth-order valence-electron chi connectivity index (χ4n) is 8.82. The normalized spacial score (nSPS) is 15.9. The van der Waals surface area contributed by atoms with Crippen LogP contribution in [0.15, 0.2) is 84.9 Å². The Morgan fingerprint density at radius 1 is 0.611 bits per heavy atom. The van der Waals surface area contributed by atoms with Crippen LogP contribution in [0.3, 0.4) is 0 Å². The number of aliphatic carboxylic acids is 1. The maximum Gasteiger partial charge on any atom is 0.408 e. The number of nitrogens with one attached hydrogen (secondary N) is 4. The molecule has 382 valence electrons. The Balaban J connectivity index is 0.000000159. The monoisotopic (exact) mass is 985 g/mol. The molecule has 4 aromatic carbocycles. The number of benzene rings is 4. The Bertz CT molecular complexity index is 3030. The van der Waals surface area contributed by atoms with Crippen LogP contribution in [-0.2, 0) is 47.3 Å². The van der Waals surface area contributed by atoms with Gasteiger partial charge in [-0.15, -0.1) is 0 Å². The highest BCUT2D eigenvalue weighted by Gasteiger charge is 2.52. The van der Waals surface area contributed by atoms with Crippen LogP contribution < -0.4 is 35.3 Å². The van der Waals surface area contributed by atoms with Crippen molar-refractivity contribution < 1.29 is 52.7 Å².